The van der Waals surface area contributed by atoms with Gasteiger partial charge in [-0.2, -0.15) is 0 Å². The van der Waals surface area contributed by atoms with E-state index in [9.17, 15) is 4.79 Å². The maximum absolute atomic E-state index is 10.9. The molecule has 0 atom stereocenters. The van der Waals surface area contributed by atoms with Crippen molar-refractivity contribution in [2.45, 2.75) is 13.0 Å². The number of rotatable bonds is 3. The second kappa shape index (κ2) is 5.76. The van der Waals surface area contributed by atoms with Crippen molar-refractivity contribution in [1.82, 2.24) is 14.9 Å². The van der Waals surface area contributed by atoms with Gasteiger partial charge in [-0.3, -0.25) is 9.97 Å². The molecular formula is C17H15N3O3S. The molecule has 1 amide bonds. The third-order valence-corrected chi connectivity index (χ3v) is 4.97. The molecule has 0 bridgehead atoms. The van der Waals surface area contributed by atoms with Gasteiger partial charge in [-0.15, -0.1) is 11.3 Å². The highest BCUT2D eigenvalue weighted by Gasteiger charge is 2.32. The lowest BCUT2D eigenvalue weighted by Gasteiger charge is -2.37. The Bertz CT molecular complexity index is 905. The number of ether oxygens (including phenoxy) is 1. The number of thiazole rings is 1. The Kier molecular flexibility index (Phi) is 3.57. The van der Waals surface area contributed by atoms with Gasteiger partial charge < -0.3 is 14.7 Å². The zero-order valence-electron chi connectivity index (χ0n) is 13.0. The Morgan fingerprint density at radius 3 is 2.92 bits per heavy atom. The van der Waals surface area contributed by atoms with Crippen LogP contribution in [0.4, 0.5) is 4.79 Å². The van der Waals surface area contributed by atoms with E-state index in [4.69, 9.17) is 9.84 Å². The van der Waals surface area contributed by atoms with Gasteiger partial charge in [-0.1, -0.05) is 12.1 Å². The van der Waals surface area contributed by atoms with E-state index in [0.717, 1.165) is 32.7 Å². The second-order valence-corrected chi connectivity index (χ2v) is 6.65. The fraction of sp³-hybridized carbons (Fsp3) is 0.235. The van der Waals surface area contributed by atoms with E-state index in [-0.39, 0.29) is 6.10 Å². The van der Waals surface area contributed by atoms with Crippen LogP contribution in [0.1, 0.15) is 5.69 Å². The van der Waals surface area contributed by atoms with Crippen LogP contribution in [0.5, 0.6) is 5.75 Å². The number of carboxylic acid groups (broad SMARTS) is 1. The maximum atomic E-state index is 10.9. The number of hydrogen-bond donors (Lipinski definition) is 1. The van der Waals surface area contributed by atoms with Crippen LogP contribution in [0.15, 0.2) is 36.1 Å². The summed E-state index contributed by atoms with van der Waals surface area (Å²) in [5, 5.41) is 10.9. The summed E-state index contributed by atoms with van der Waals surface area (Å²) in [7, 11) is 0. The molecule has 2 aromatic heterocycles. The van der Waals surface area contributed by atoms with Crippen LogP contribution in [0.3, 0.4) is 0 Å². The fourth-order valence-electron chi connectivity index (χ4n) is 2.78. The lowest BCUT2D eigenvalue weighted by atomic mass is 10.1. The number of pyridine rings is 1. The van der Waals surface area contributed by atoms with Crippen LogP contribution in [0.2, 0.25) is 0 Å². The molecule has 0 saturated carbocycles. The number of fused-ring (bicyclic) bond motifs is 1. The van der Waals surface area contributed by atoms with Crippen molar-refractivity contribution in [2.24, 2.45) is 0 Å². The summed E-state index contributed by atoms with van der Waals surface area (Å²) >= 11 is 1.59. The molecular weight excluding hydrogens is 326 g/mol. The number of nitrogens with zero attached hydrogens (tertiary/aromatic N) is 3. The monoisotopic (exact) mass is 341 g/mol. The van der Waals surface area contributed by atoms with E-state index in [2.05, 4.69) is 16.0 Å². The third kappa shape index (κ3) is 2.56. The number of carbonyl (C=O) groups is 1. The molecule has 0 radical (unpaired) electrons. The van der Waals surface area contributed by atoms with Gasteiger partial charge in [0.2, 0.25) is 0 Å². The molecule has 7 heteroatoms. The molecule has 1 aromatic carbocycles. The van der Waals surface area contributed by atoms with Crippen molar-refractivity contribution >= 4 is 28.2 Å². The first-order valence-electron chi connectivity index (χ1n) is 7.54. The normalized spacial score (nSPS) is 14.6. The highest BCUT2D eigenvalue weighted by molar-refractivity contribution is 7.13. The van der Waals surface area contributed by atoms with E-state index >= 15 is 0 Å². The Hall–Kier alpha value is -2.67. The predicted molar refractivity (Wildman–Crippen MR) is 91.6 cm³/mol. The zero-order valence-corrected chi connectivity index (χ0v) is 13.8. The van der Waals surface area contributed by atoms with Crippen molar-refractivity contribution in [3.05, 3.63) is 41.8 Å². The summed E-state index contributed by atoms with van der Waals surface area (Å²) in [4.78, 5) is 21.8. The number of amides is 1. The van der Waals surface area contributed by atoms with Crippen molar-refractivity contribution < 1.29 is 14.6 Å². The van der Waals surface area contributed by atoms with E-state index in [1.165, 1.54) is 4.90 Å². The smallest absolute Gasteiger partial charge is 0.407 e. The van der Waals surface area contributed by atoms with Gasteiger partial charge in [0.05, 0.1) is 29.2 Å². The van der Waals surface area contributed by atoms with Crippen molar-refractivity contribution in [3.63, 3.8) is 0 Å². The predicted octanol–water partition coefficient (Wildman–Crippen LogP) is 3.41. The molecule has 0 spiro atoms. The van der Waals surface area contributed by atoms with E-state index in [1.807, 2.05) is 37.0 Å². The Morgan fingerprint density at radius 1 is 1.38 bits per heavy atom. The Balaban J connectivity index is 1.69. The highest BCUT2D eigenvalue weighted by Crippen LogP contribution is 2.34. The molecule has 0 aliphatic carbocycles. The highest BCUT2D eigenvalue weighted by atomic mass is 32.1. The maximum Gasteiger partial charge on any atom is 0.407 e. The average molecular weight is 341 g/mol. The van der Waals surface area contributed by atoms with Crippen LogP contribution in [-0.4, -0.2) is 45.3 Å². The Labute approximate surface area is 142 Å². The molecule has 6 nitrogen and oxygen atoms in total. The summed E-state index contributed by atoms with van der Waals surface area (Å²) in [6.07, 6.45) is 2.64. The first-order valence-corrected chi connectivity index (χ1v) is 8.42. The molecule has 122 valence electrons. The third-order valence-electron chi connectivity index (χ3n) is 4.14. The van der Waals surface area contributed by atoms with Crippen LogP contribution >= 0.6 is 11.3 Å². The van der Waals surface area contributed by atoms with Gasteiger partial charge in [0.1, 0.15) is 11.9 Å². The lowest BCUT2D eigenvalue weighted by molar-refractivity contribution is 0.0255. The molecule has 24 heavy (non-hydrogen) atoms. The summed E-state index contributed by atoms with van der Waals surface area (Å²) in [6, 6.07) is 6.15. The van der Waals surface area contributed by atoms with E-state index in [0.29, 0.717) is 13.1 Å². The quantitative estimate of drug-likeness (QED) is 0.790. The van der Waals surface area contributed by atoms with Gasteiger partial charge in [0.15, 0.2) is 0 Å². The van der Waals surface area contributed by atoms with Crippen molar-refractivity contribution in [1.29, 1.82) is 0 Å². The summed E-state index contributed by atoms with van der Waals surface area (Å²) in [5.74, 6) is 0.730. The minimum Gasteiger partial charge on any atom is -0.484 e. The number of hydrogen-bond acceptors (Lipinski definition) is 5. The minimum absolute atomic E-state index is 0.126. The standard InChI is InChI=1S/C17H15N3O3S/c1-10-16(23-13-7-20(8-13)17(21)22)14-4-11(15-6-18-9-24-15)2-3-12(14)5-19-10/h2-6,9,13H,7-8H2,1H3,(H,21,22). The lowest BCUT2D eigenvalue weighted by Crippen LogP contribution is -2.55. The molecule has 3 heterocycles. The molecule has 1 aliphatic heterocycles. The fourth-order valence-corrected chi connectivity index (χ4v) is 3.40. The van der Waals surface area contributed by atoms with Crippen molar-refractivity contribution in [2.75, 3.05) is 13.1 Å². The van der Waals surface area contributed by atoms with Gasteiger partial charge >= 0.3 is 6.09 Å². The number of likely N-dealkylation sites (tertiary alicyclic amines) is 1. The summed E-state index contributed by atoms with van der Waals surface area (Å²) in [5.41, 5.74) is 3.70. The van der Waals surface area contributed by atoms with Gasteiger partial charge in [0.25, 0.3) is 0 Å². The van der Waals surface area contributed by atoms with E-state index < -0.39 is 6.09 Å². The molecule has 4 rings (SSSR count). The largest absolute Gasteiger partial charge is 0.484 e. The zero-order chi connectivity index (χ0) is 16.7. The first kappa shape index (κ1) is 14.9. The van der Waals surface area contributed by atoms with Gasteiger partial charge in [-0.25, -0.2) is 4.79 Å². The second-order valence-electron chi connectivity index (χ2n) is 5.77. The topological polar surface area (TPSA) is 75.6 Å². The molecule has 1 aliphatic rings. The number of benzene rings is 1. The SMILES string of the molecule is Cc1ncc2ccc(-c3cncs3)cc2c1OC1CN(C(=O)O)C1. The Morgan fingerprint density at radius 2 is 2.21 bits per heavy atom. The summed E-state index contributed by atoms with van der Waals surface area (Å²) in [6.45, 7) is 2.68. The molecule has 1 fully saturated rings. The molecule has 0 unspecified atom stereocenters. The van der Waals surface area contributed by atoms with Crippen LogP contribution < -0.4 is 4.74 Å². The summed E-state index contributed by atoms with van der Waals surface area (Å²) < 4.78 is 6.07. The van der Waals surface area contributed by atoms with Gasteiger partial charge in [-0.05, 0) is 18.6 Å². The van der Waals surface area contributed by atoms with Gasteiger partial charge in [0, 0.05) is 23.2 Å². The molecule has 1 saturated heterocycles. The number of aryl methyl sites for hydroxylation is 1. The van der Waals surface area contributed by atoms with Crippen molar-refractivity contribution in [3.8, 4) is 16.2 Å². The van der Waals surface area contributed by atoms with Crippen LogP contribution in [0, 0.1) is 6.92 Å². The molecule has 1 N–H and O–H groups in total. The van der Waals surface area contributed by atoms with E-state index in [1.54, 1.807) is 11.3 Å². The molecule has 3 aromatic rings. The minimum atomic E-state index is -0.907. The van der Waals surface area contributed by atoms with Crippen LogP contribution in [0.25, 0.3) is 21.2 Å². The average Bonchev–Trinajstić information content (AvgIpc) is 3.05. The van der Waals surface area contributed by atoms with Crippen LogP contribution in [-0.2, 0) is 0 Å². The number of aromatic nitrogens is 2. The first-order chi connectivity index (χ1) is 11.6.